The van der Waals surface area contributed by atoms with Gasteiger partial charge in [0.15, 0.2) is 11.5 Å². The maximum atomic E-state index is 6.20. The molecule has 0 aliphatic carbocycles. The number of halogens is 2. The van der Waals surface area contributed by atoms with Gasteiger partial charge in [0, 0.05) is 47.0 Å². The Hall–Kier alpha value is -2.27. The van der Waals surface area contributed by atoms with Gasteiger partial charge in [0.05, 0.1) is 7.11 Å². The van der Waals surface area contributed by atoms with E-state index in [0.717, 1.165) is 36.3 Å². The average molecular weight is 417 g/mol. The number of pyridine rings is 1. The Kier molecular flexibility index (Phi) is 7.54. The van der Waals surface area contributed by atoms with Gasteiger partial charge < -0.3 is 14.8 Å². The zero-order valence-corrected chi connectivity index (χ0v) is 17.1. The minimum absolute atomic E-state index is 0.341. The van der Waals surface area contributed by atoms with E-state index in [1.165, 1.54) is 0 Å². The molecule has 1 heterocycles. The van der Waals surface area contributed by atoms with Crippen molar-refractivity contribution in [3.63, 3.8) is 0 Å². The monoisotopic (exact) mass is 416 g/mol. The van der Waals surface area contributed by atoms with Crippen molar-refractivity contribution in [2.75, 3.05) is 13.7 Å². The minimum Gasteiger partial charge on any atom is -0.493 e. The molecule has 3 aromatic rings. The van der Waals surface area contributed by atoms with Crippen LogP contribution in [0.3, 0.4) is 0 Å². The Morgan fingerprint density at radius 1 is 1.00 bits per heavy atom. The molecule has 0 saturated heterocycles. The van der Waals surface area contributed by atoms with Crippen molar-refractivity contribution in [2.45, 2.75) is 19.6 Å². The molecule has 1 N–H and O–H groups in total. The molecule has 1 aromatic heterocycles. The molecular weight excluding hydrogens is 395 g/mol. The normalized spacial score (nSPS) is 10.7. The highest BCUT2D eigenvalue weighted by Gasteiger charge is 2.08. The molecule has 28 heavy (non-hydrogen) atoms. The van der Waals surface area contributed by atoms with Crippen LogP contribution in [0.2, 0.25) is 10.0 Å². The molecule has 2 aromatic carbocycles. The maximum Gasteiger partial charge on any atom is 0.161 e. The first-order valence-electron chi connectivity index (χ1n) is 9.00. The van der Waals surface area contributed by atoms with Gasteiger partial charge in [0.25, 0.3) is 0 Å². The summed E-state index contributed by atoms with van der Waals surface area (Å²) in [5.41, 5.74) is 3.07. The van der Waals surface area contributed by atoms with Gasteiger partial charge >= 0.3 is 0 Å². The molecule has 0 radical (unpaired) electrons. The lowest BCUT2D eigenvalue weighted by atomic mass is 10.2. The molecule has 3 rings (SSSR count). The van der Waals surface area contributed by atoms with Crippen LogP contribution >= 0.6 is 23.2 Å². The number of nitrogens with zero attached hydrogens (tertiary/aromatic N) is 1. The number of nitrogens with one attached hydrogen (secondary N) is 1. The third-order valence-corrected chi connectivity index (χ3v) is 4.83. The van der Waals surface area contributed by atoms with Crippen molar-refractivity contribution in [1.29, 1.82) is 0 Å². The first-order valence-corrected chi connectivity index (χ1v) is 9.75. The molecule has 6 heteroatoms. The summed E-state index contributed by atoms with van der Waals surface area (Å²) < 4.78 is 11.4. The fourth-order valence-electron chi connectivity index (χ4n) is 2.73. The van der Waals surface area contributed by atoms with Gasteiger partial charge in [-0.1, -0.05) is 41.4 Å². The predicted octanol–water partition coefficient (Wildman–Crippen LogP) is 5.31. The molecule has 0 bridgehead atoms. The van der Waals surface area contributed by atoms with Crippen LogP contribution in [0.5, 0.6) is 11.5 Å². The highest BCUT2D eigenvalue weighted by molar-refractivity contribution is 6.35. The van der Waals surface area contributed by atoms with E-state index in [-0.39, 0.29) is 0 Å². The summed E-state index contributed by atoms with van der Waals surface area (Å²) >= 11 is 12.1. The van der Waals surface area contributed by atoms with E-state index < -0.39 is 0 Å². The number of ether oxygens (including phenoxy) is 2. The lowest BCUT2D eigenvalue weighted by molar-refractivity contribution is 0.284. The lowest BCUT2D eigenvalue weighted by Crippen LogP contribution is -2.17. The summed E-state index contributed by atoms with van der Waals surface area (Å²) in [7, 11) is 1.63. The molecule has 0 unspecified atom stereocenters. The molecule has 0 saturated carbocycles. The first kappa shape index (κ1) is 20.5. The van der Waals surface area contributed by atoms with E-state index >= 15 is 0 Å². The van der Waals surface area contributed by atoms with Gasteiger partial charge in [0.2, 0.25) is 0 Å². The molecule has 0 fully saturated rings. The molecule has 0 aliphatic heterocycles. The quantitative estimate of drug-likeness (QED) is 0.480. The summed E-state index contributed by atoms with van der Waals surface area (Å²) in [6.45, 7) is 1.94. The second-order valence-corrected chi connectivity index (χ2v) is 7.10. The largest absolute Gasteiger partial charge is 0.493 e. The van der Waals surface area contributed by atoms with Crippen LogP contribution in [0.1, 0.15) is 16.8 Å². The number of methoxy groups -OCH3 is 1. The predicted molar refractivity (Wildman–Crippen MR) is 113 cm³/mol. The van der Waals surface area contributed by atoms with E-state index in [4.69, 9.17) is 32.7 Å². The fourth-order valence-corrected chi connectivity index (χ4v) is 3.19. The lowest BCUT2D eigenvalue weighted by Gasteiger charge is -2.13. The molecule has 4 nitrogen and oxygen atoms in total. The van der Waals surface area contributed by atoms with Crippen molar-refractivity contribution < 1.29 is 9.47 Å². The Morgan fingerprint density at radius 3 is 2.64 bits per heavy atom. The molecular formula is C22H22Cl2N2O2. The topological polar surface area (TPSA) is 43.4 Å². The van der Waals surface area contributed by atoms with E-state index in [1.807, 2.05) is 48.7 Å². The maximum absolute atomic E-state index is 6.20. The number of rotatable bonds is 9. The Morgan fingerprint density at radius 2 is 1.89 bits per heavy atom. The molecule has 0 spiro atoms. The zero-order chi connectivity index (χ0) is 19.8. The highest BCUT2D eigenvalue weighted by Crippen LogP contribution is 2.30. The summed E-state index contributed by atoms with van der Waals surface area (Å²) in [6, 6.07) is 17.2. The smallest absolute Gasteiger partial charge is 0.161 e. The number of hydrogen-bond acceptors (Lipinski definition) is 4. The van der Waals surface area contributed by atoms with E-state index in [2.05, 4.69) is 10.3 Å². The van der Waals surface area contributed by atoms with Crippen LogP contribution in [0.15, 0.2) is 60.8 Å². The second-order valence-electron chi connectivity index (χ2n) is 6.26. The Labute approximate surface area is 175 Å². The SMILES string of the molecule is COc1cc(CNCCc2ccccn2)ccc1OCc1ccc(Cl)cc1Cl. The summed E-state index contributed by atoms with van der Waals surface area (Å²) in [5.74, 6) is 1.36. The fraction of sp³-hybridized carbons (Fsp3) is 0.227. The van der Waals surface area contributed by atoms with Crippen LogP contribution in [-0.2, 0) is 19.6 Å². The summed E-state index contributed by atoms with van der Waals surface area (Å²) in [6.07, 6.45) is 2.71. The average Bonchev–Trinajstić information content (AvgIpc) is 2.72. The van der Waals surface area contributed by atoms with Gasteiger partial charge in [-0.25, -0.2) is 0 Å². The Bertz CT molecular complexity index is 904. The molecule has 0 amide bonds. The molecule has 0 atom stereocenters. The van der Waals surface area contributed by atoms with E-state index in [0.29, 0.717) is 28.2 Å². The summed E-state index contributed by atoms with van der Waals surface area (Å²) in [5, 5.41) is 4.61. The van der Waals surface area contributed by atoms with Gasteiger partial charge in [-0.15, -0.1) is 0 Å². The van der Waals surface area contributed by atoms with Crippen molar-refractivity contribution in [2.24, 2.45) is 0 Å². The highest BCUT2D eigenvalue weighted by atomic mass is 35.5. The third-order valence-electron chi connectivity index (χ3n) is 4.24. The van der Waals surface area contributed by atoms with Crippen LogP contribution in [0, 0.1) is 0 Å². The van der Waals surface area contributed by atoms with Crippen molar-refractivity contribution in [1.82, 2.24) is 10.3 Å². The Balaban J connectivity index is 1.54. The van der Waals surface area contributed by atoms with Gasteiger partial charge in [0.1, 0.15) is 6.61 Å². The molecule has 146 valence electrons. The second kappa shape index (κ2) is 10.3. The minimum atomic E-state index is 0.341. The standard InChI is InChI=1S/C22H22Cl2N2O2/c1-27-22-12-16(14-25-11-9-19-4-2-3-10-26-19)5-8-21(22)28-15-17-6-7-18(23)13-20(17)24/h2-8,10,12-13,25H,9,11,14-15H2,1H3. The van der Waals surface area contributed by atoms with Crippen LogP contribution in [0.25, 0.3) is 0 Å². The zero-order valence-electron chi connectivity index (χ0n) is 15.6. The van der Waals surface area contributed by atoms with E-state index in [1.54, 1.807) is 19.2 Å². The van der Waals surface area contributed by atoms with Crippen LogP contribution in [-0.4, -0.2) is 18.6 Å². The third kappa shape index (κ3) is 5.86. The van der Waals surface area contributed by atoms with Crippen molar-refractivity contribution >= 4 is 23.2 Å². The summed E-state index contributed by atoms with van der Waals surface area (Å²) in [4.78, 5) is 4.33. The number of benzene rings is 2. The van der Waals surface area contributed by atoms with Crippen molar-refractivity contribution in [3.05, 3.63) is 87.7 Å². The van der Waals surface area contributed by atoms with Crippen LogP contribution in [0.4, 0.5) is 0 Å². The number of aromatic nitrogens is 1. The van der Waals surface area contributed by atoms with Crippen molar-refractivity contribution in [3.8, 4) is 11.5 Å². The van der Waals surface area contributed by atoms with Gasteiger partial charge in [-0.05, 0) is 42.0 Å². The van der Waals surface area contributed by atoms with Gasteiger partial charge in [-0.3, -0.25) is 4.98 Å². The van der Waals surface area contributed by atoms with Gasteiger partial charge in [-0.2, -0.15) is 0 Å². The molecule has 0 aliphatic rings. The van der Waals surface area contributed by atoms with E-state index in [9.17, 15) is 0 Å². The van der Waals surface area contributed by atoms with Crippen LogP contribution < -0.4 is 14.8 Å². The first-order chi connectivity index (χ1) is 13.7. The number of hydrogen-bond donors (Lipinski definition) is 1.